The molecule has 2 aromatic carbocycles. The van der Waals surface area contributed by atoms with Gasteiger partial charge in [0.2, 0.25) is 0 Å². The number of hydrogen-bond donors (Lipinski definition) is 0. The molecule has 0 aliphatic heterocycles. The molecule has 0 N–H and O–H groups in total. The van der Waals surface area contributed by atoms with Gasteiger partial charge in [-0.3, -0.25) is 0 Å². The zero-order chi connectivity index (χ0) is 18.8. The average Bonchev–Trinajstić information content (AvgIpc) is 2.68. The molecular weight excluding hydrogens is 348 g/mol. The quantitative estimate of drug-likeness (QED) is 0.547. The first-order valence-electron chi connectivity index (χ1n) is 8.68. The summed E-state index contributed by atoms with van der Waals surface area (Å²) in [5.41, 5.74) is 1.03. The molecular formula is C21H26O4S. The van der Waals surface area contributed by atoms with Gasteiger partial charge in [0.1, 0.15) is 5.75 Å². The molecule has 26 heavy (non-hydrogen) atoms. The van der Waals surface area contributed by atoms with Crippen molar-refractivity contribution in [1.29, 1.82) is 0 Å². The third kappa shape index (κ3) is 6.32. The van der Waals surface area contributed by atoms with Crippen LogP contribution < -0.4 is 4.74 Å². The van der Waals surface area contributed by atoms with E-state index in [0.29, 0.717) is 17.9 Å². The molecule has 1 atom stereocenters. The van der Waals surface area contributed by atoms with Gasteiger partial charge in [0, 0.05) is 0 Å². The molecule has 0 aromatic heterocycles. The molecule has 5 heteroatoms. The van der Waals surface area contributed by atoms with E-state index in [4.69, 9.17) is 9.47 Å². The number of sulfone groups is 1. The minimum Gasteiger partial charge on any atom is -0.497 e. The summed E-state index contributed by atoms with van der Waals surface area (Å²) in [7, 11) is -1.67. The Morgan fingerprint density at radius 3 is 2.35 bits per heavy atom. The number of allylic oxidation sites excluding steroid dienone is 1. The van der Waals surface area contributed by atoms with Crippen molar-refractivity contribution >= 4 is 9.84 Å². The van der Waals surface area contributed by atoms with Crippen LogP contribution in [0.15, 0.2) is 72.1 Å². The first kappa shape index (κ1) is 20.2. The van der Waals surface area contributed by atoms with Crippen LogP contribution >= 0.6 is 0 Å². The Morgan fingerprint density at radius 2 is 1.73 bits per heavy atom. The highest BCUT2D eigenvalue weighted by molar-refractivity contribution is 7.91. The summed E-state index contributed by atoms with van der Waals surface area (Å²) in [4.78, 5) is 0.359. The van der Waals surface area contributed by atoms with Crippen LogP contribution in [0.1, 0.15) is 24.8 Å². The summed E-state index contributed by atoms with van der Waals surface area (Å²) in [6.07, 6.45) is 3.70. The van der Waals surface area contributed by atoms with Crippen molar-refractivity contribution in [2.45, 2.75) is 36.9 Å². The van der Waals surface area contributed by atoms with E-state index in [1.54, 1.807) is 31.4 Å². The Kier molecular flexibility index (Phi) is 7.88. The Morgan fingerprint density at radius 1 is 1.04 bits per heavy atom. The summed E-state index contributed by atoms with van der Waals surface area (Å²) in [6, 6.07) is 16.2. The third-order valence-corrected chi connectivity index (χ3v) is 5.91. The van der Waals surface area contributed by atoms with Crippen LogP contribution in [-0.2, 0) is 21.2 Å². The van der Waals surface area contributed by atoms with Gasteiger partial charge in [-0.05, 0) is 49.1 Å². The fourth-order valence-corrected chi connectivity index (χ4v) is 3.96. The van der Waals surface area contributed by atoms with E-state index in [1.807, 2.05) is 36.4 Å². The SMILES string of the molecule is C=CCCC(CCS(=O)(=O)c1ccccc1)OCc1ccc(OC)cc1. The lowest BCUT2D eigenvalue weighted by Crippen LogP contribution is -2.18. The van der Waals surface area contributed by atoms with Crippen molar-refractivity contribution in [3.8, 4) is 5.75 Å². The molecule has 4 nitrogen and oxygen atoms in total. The van der Waals surface area contributed by atoms with Gasteiger partial charge in [-0.2, -0.15) is 0 Å². The van der Waals surface area contributed by atoms with Gasteiger partial charge in [0.15, 0.2) is 9.84 Å². The van der Waals surface area contributed by atoms with E-state index in [9.17, 15) is 8.42 Å². The van der Waals surface area contributed by atoms with Gasteiger partial charge in [0.25, 0.3) is 0 Å². The molecule has 2 aromatic rings. The van der Waals surface area contributed by atoms with Crippen LogP contribution in [0.3, 0.4) is 0 Å². The minimum absolute atomic E-state index is 0.0709. The summed E-state index contributed by atoms with van der Waals surface area (Å²) in [5, 5.41) is 0. The molecule has 0 saturated carbocycles. The maximum atomic E-state index is 12.5. The Balaban J connectivity index is 1.94. The molecule has 0 bridgehead atoms. The van der Waals surface area contributed by atoms with Gasteiger partial charge in [-0.1, -0.05) is 36.4 Å². The largest absolute Gasteiger partial charge is 0.497 e. The topological polar surface area (TPSA) is 52.6 Å². The molecule has 0 amide bonds. The maximum Gasteiger partial charge on any atom is 0.178 e. The molecule has 0 fully saturated rings. The lowest BCUT2D eigenvalue weighted by Gasteiger charge is -2.18. The number of rotatable bonds is 11. The Bertz CT molecular complexity index is 767. The van der Waals surface area contributed by atoms with Crippen LogP contribution in [0, 0.1) is 0 Å². The lowest BCUT2D eigenvalue weighted by molar-refractivity contribution is 0.0337. The molecule has 0 aliphatic rings. The van der Waals surface area contributed by atoms with Gasteiger partial charge in [-0.25, -0.2) is 8.42 Å². The van der Waals surface area contributed by atoms with Crippen molar-refractivity contribution < 1.29 is 17.9 Å². The molecule has 0 aliphatic carbocycles. The van der Waals surface area contributed by atoms with Crippen LogP contribution in [0.5, 0.6) is 5.75 Å². The van der Waals surface area contributed by atoms with Gasteiger partial charge in [0.05, 0.1) is 30.5 Å². The van der Waals surface area contributed by atoms with Crippen molar-refractivity contribution in [3.63, 3.8) is 0 Å². The highest BCUT2D eigenvalue weighted by Gasteiger charge is 2.18. The van der Waals surface area contributed by atoms with Crippen molar-refractivity contribution in [2.75, 3.05) is 12.9 Å². The normalized spacial score (nSPS) is 12.5. The summed E-state index contributed by atoms with van der Waals surface area (Å²) in [6.45, 7) is 4.18. The second kappa shape index (κ2) is 10.1. The predicted octanol–water partition coefficient (Wildman–Crippen LogP) is 4.41. The van der Waals surface area contributed by atoms with Crippen LogP contribution in [0.2, 0.25) is 0 Å². The van der Waals surface area contributed by atoms with Crippen molar-refractivity contribution in [1.82, 2.24) is 0 Å². The molecule has 0 saturated heterocycles. The van der Waals surface area contributed by atoms with Crippen LogP contribution in [-0.4, -0.2) is 27.4 Å². The standard InChI is InChI=1S/C21H26O4S/c1-3-4-8-20(25-17-18-11-13-19(24-2)14-12-18)15-16-26(22,23)21-9-6-5-7-10-21/h3,5-7,9-14,20H,1,4,8,15-17H2,2H3. The molecule has 0 spiro atoms. The fraction of sp³-hybridized carbons (Fsp3) is 0.333. The van der Waals surface area contributed by atoms with Crippen molar-refractivity contribution in [2.24, 2.45) is 0 Å². The number of hydrogen-bond acceptors (Lipinski definition) is 4. The van der Waals surface area contributed by atoms with Crippen LogP contribution in [0.25, 0.3) is 0 Å². The minimum atomic E-state index is -3.29. The van der Waals surface area contributed by atoms with E-state index in [1.165, 1.54) is 0 Å². The van der Waals surface area contributed by atoms with E-state index >= 15 is 0 Å². The number of ether oxygens (including phenoxy) is 2. The highest BCUT2D eigenvalue weighted by atomic mass is 32.2. The van der Waals surface area contributed by atoms with Crippen molar-refractivity contribution in [3.05, 3.63) is 72.8 Å². The first-order valence-corrected chi connectivity index (χ1v) is 10.3. The fourth-order valence-electron chi connectivity index (χ4n) is 2.58. The van der Waals surface area contributed by atoms with E-state index in [0.717, 1.165) is 24.2 Å². The number of benzene rings is 2. The Labute approximate surface area is 156 Å². The maximum absolute atomic E-state index is 12.5. The Hall–Kier alpha value is -2.11. The summed E-state index contributed by atoms with van der Waals surface area (Å²) < 4.78 is 36.1. The zero-order valence-corrected chi connectivity index (χ0v) is 16.0. The average molecular weight is 375 g/mol. The molecule has 0 radical (unpaired) electrons. The monoisotopic (exact) mass is 374 g/mol. The first-order chi connectivity index (χ1) is 12.5. The van der Waals surface area contributed by atoms with E-state index < -0.39 is 9.84 Å². The number of methoxy groups -OCH3 is 1. The highest BCUT2D eigenvalue weighted by Crippen LogP contribution is 2.18. The second-order valence-corrected chi connectivity index (χ2v) is 8.18. The summed E-state index contributed by atoms with van der Waals surface area (Å²) in [5.74, 6) is 0.868. The van der Waals surface area contributed by atoms with Gasteiger partial charge < -0.3 is 9.47 Å². The molecule has 0 heterocycles. The van der Waals surface area contributed by atoms with E-state index in [2.05, 4.69) is 6.58 Å². The molecule has 1 unspecified atom stereocenters. The second-order valence-electron chi connectivity index (χ2n) is 6.07. The summed E-state index contributed by atoms with van der Waals surface area (Å²) >= 11 is 0. The molecule has 2 rings (SSSR count). The van der Waals surface area contributed by atoms with Gasteiger partial charge in [-0.15, -0.1) is 6.58 Å². The molecule has 140 valence electrons. The van der Waals surface area contributed by atoms with Crippen LogP contribution in [0.4, 0.5) is 0 Å². The smallest absolute Gasteiger partial charge is 0.178 e. The lowest BCUT2D eigenvalue weighted by atomic mass is 10.1. The third-order valence-electron chi connectivity index (χ3n) is 4.15. The predicted molar refractivity (Wildman–Crippen MR) is 104 cm³/mol. The van der Waals surface area contributed by atoms with E-state index in [-0.39, 0.29) is 11.9 Å². The zero-order valence-electron chi connectivity index (χ0n) is 15.1. The van der Waals surface area contributed by atoms with Gasteiger partial charge >= 0.3 is 0 Å².